The standard InChI is InChI=1S/C16H18ClN3OS2/c1-9-14(10-4-6-20(9)7-5-10)19-15(21)11-2-3-12(23-11)16-18-13(17)8-22-16/h2-3,8-10,14H,4-7H2,1H3,(H,19,21). The summed E-state index contributed by atoms with van der Waals surface area (Å²) in [6.07, 6.45) is 2.39. The molecule has 3 aliphatic rings. The number of hydrogen-bond acceptors (Lipinski definition) is 5. The van der Waals surface area contributed by atoms with Crippen LogP contribution in [0.3, 0.4) is 0 Å². The molecule has 0 spiro atoms. The molecule has 0 aromatic carbocycles. The van der Waals surface area contributed by atoms with E-state index in [0.29, 0.717) is 17.1 Å². The van der Waals surface area contributed by atoms with E-state index in [1.807, 2.05) is 17.5 Å². The molecule has 3 saturated heterocycles. The van der Waals surface area contributed by atoms with Gasteiger partial charge in [0.2, 0.25) is 0 Å². The van der Waals surface area contributed by atoms with E-state index >= 15 is 0 Å². The first-order chi connectivity index (χ1) is 11.1. The molecule has 3 aliphatic heterocycles. The van der Waals surface area contributed by atoms with Crippen molar-refractivity contribution >= 4 is 40.2 Å². The van der Waals surface area contributed by atoms with Crippen LogP contribution >= 0.6 is 34.3 Å². The molecule has 4 nitrogen and oxygen atoms in total. The molecule has 2 bridgehead atoms. The molecule has 122 valence electrons. The lowest BCUT2D eigenvalue weighted by atomic mass is 9.79. The average molecular weight is 368 g/mol. The average Bonchev–Trinajstić information content (AvgIpc) is 3.20. The van der Waals surface area contributed by atoms with Crippen LogP contribution < -0.4 is 5.32 Å². The molecule has 0 radical (unpaired) electrons. The van der Waals surface area contributed by atoms with Crippen LogP contribution in [0.2, 0.25) is 5.15 Å². The van der Waals surface area contributed by atoms with Crippen molar-refractivity contribution in [2.45, 2.75) is 31.8 Å². The smallest absolute Gasteiger partial charge is 0.261 e. The molecular weight excluding hydrogens is 350 g/mol. The fraction of sp³-hybridized carbons (Fsp3) is 0.500. The summed E-state index contributed by atoms with van der Waals surface area (Å²) in [4.78, 5) is 21.1. The van der Waals surface area contributed by atoms with Crippen LogP contribution in [0.25, 0.3) is 9.88 Å². The van der Waals surface area contributed by atoms with Crippen molar-refractivity contribution in [2.24, 2.45) is 5.92 Å². The van der Waals surface area contributed by atoms with Gasteiger partial charge in [-0.2, -0.15) is 0 Å². The minimum Gasteiger partial charge on any atom is -0.347 e. The van der Waals surface area contributed by atoms with Crippen molar-refractivity contribution in [1.82, 2.24) is 15.2 Å². The number of carbonyl (C=O) groups is 1. The SMILES string of the molecule is CC1C(NC(=O)c2ccc(-c3nc(Cl)cs3)s2)C2CCN1CC2. The number of fused-ring (bicyclic) bond motifs is 3. The lowest BCUT2D eigenvalue weighted by Gasteiger charge is -2.49. The zero-order chi connectivity index (χ0) is 16.0. The first kappa shape index (κ1) is 15.6. The highest BCUT2D eigenvalue weighted by Crippen LogP contribution is 2.34. The van der Waals surface area contributed by atoms with Gasteiger partial charge in [-0.15, -0.1) is 22.7 Å². The second-order valence-corrected chi connectivity index (χ2v) is 8.58. The first-order valence-corrected chi connectivity index (χ1v) is 9.95. The molecule has 2 aromatic heterocycles. The molecule has 2 unspecified atom stereocenters. The van der Waals surface area contributed by atoms with Crippen molar-refractivity contribution in [3.8, 4) is 9.88 Å². The van der Waals surface area contributed by atoms with Crippen LogP contribution in [0.4, 0.5) is 0 Å². The number of aromatic nitrogens is 1. The summed E-state index contributed by atoms with van der Waals surface area (Å²) in [5, 5.41) is 6.46. The lowest BCUT2D eigenvalue weighted by molar-refractivity contribution is 0.0218. The highest BCUT2D eigenvalue weighted by molar-refractivity contribution is 7.22. The number of carbonyl (C=O) groups excluding carboxylic acids is 1. The largest absolute Gasteiger partial charge is 0.347 e. The van der Waals surface area contributed by atoms with Gasteiger partial charge in [-0.25, -0.2) is 4.98 Å². The van der Waals surface area contributed by atoms with E-state index in [-0.39, 0.29) is 11.9 Å². The summed E-state index contributed by atoms with van der Waals surface area (Å²) in [5.74, 6) is 0.658. The van der Waals surface area contributed by atoms with Gasteiger partial charge in [0, 0.05) is 17.5 Å². The Kier molecular flexibility index (Phi) is 4.17. The van der Waals surface area contributed by atoms with Crippen LogP contribution in [-0.4, -0.2) is 41.0 Å². The van der Waals surface area contributed by atoms with Crippen LogP contribution in [0.1, 0.15) is 29.4 Å². The monoisotopic (exact) mass is 367 g/mol. The van der Waals surface area contributed by atoms with E-state index in [9.17, 15) is 4.79 Å². The number of hydrogen-bond donors (Lipinski definition) is 1. The summed E-state index contributed by atoms with van der Waals surface area (Å²) in [6, 6.07) is 4.54. The van der Waals surface area contributed by atoms with Crippen molar-refractivity contribution in [3.05, 3.63) is 27.5 Å². The molecule has 5 rings (SSSR count). The maximum Gasteiger partial charge on any atom is 0.261 e. The van der Waals surface area contributed by atoms with Crippen molar-refractivity contribution in [3.63, 3.8) is 0 Å². The van der Waals surface area contributed by atoms with Crippen LogP contribution in [0.5, 0.6) is 0 Å². The van der Waals surface area contributed by atoms with E-state index in [2.05, 4.69) is 22.1 Å². The van der Waals surface area contributed by atoms with Gasteiger partial charge in [0.1, 0.15) is 10.2 Å². The van der Waals surface area contributed by atoms with E-state index < -0.39 is 0 Å². The Morgan fingerprint density at radius 2 is 2.17 bits per heavy atom. The van der Waals surface area contributed by atoms with Crippen molar-refractivity contribution in [1.29, 1.82) is 0 Å². The second kappa shape index (κ2) is 6.16. The molecule has 0 aliphatic carbocycles. The highest BCUT2D eigenvalue weighted by atomic mass is 35.5. The van der Waals surface area contributed by atoms with Gasteiger partial charge in [-0.05, 0) is 50.9 Å². The minimum atomic E-state index is 0.0366. The van der Waals surface area contributed by atoms with Crippen LogP contribution in [-0.2, 0) is 0 Å². The minimum absolute atomic E-state index is 0.0366. The Balaban J connectivity index is 1.48. The van der Waals surface area contributed by atoms with E-state index in [4.69, 9.17) is 11.6 Å². The summed E-state index contributed by atoms with van der Waals surface area (Å²) in [6.45, 7) is 4.58. The molecule has 5 heterocycles. The predicted molar refractivity (Wildman–Crippen MR) is 95.5 cm³/mol. The van der Waals surface area contributed by atoms with Gasteiger partial charge in [-0.1, -0.05) is 11.6 Å². The van der Waals surface area contributed by atoms with Gasteiger partial charge in [-0.3, -0.25) is 9.69 Å². The van der Waals surface area contributed by atoms with Crippen molar-refractivity contribution in [2.75, 3.05) is 13.1 Å². The molecule has 2 aromatic rings. The zero-order valence-corrected chi connectivity index (χ0v) is 15.2. The number of nitrogens with one attached hydrogen (secondary N) is 1. The quantitative estimate of drug-likeness (QED) is 0.898. The summed E-state index contributed by atoms with van der Waals surface area (Å²) >= 11 is 8.86. The number of amides is 1. The van der Waals surface area contributed by atoms with Gasteiger partial charge in [0.25, 0.3) is 5.91 Å². The van der Waals surface area contributed by atoms with Gasteiger partial charge < -0.3 is 5.32 Å². The zero-order valence-electron chi connectivity index (χ0n) is 12.8. The summed E-state index contributed by atoms with van der Waals surface area (Å²) < 4.78 is 0. The number of thiazole rings is 1. The third kappa shape index (κ3) is 2.93. The number of rotatable bonds is 3. The molecule has 1 N–H and O–H groups in total. The topological polar surface area (TPSA) is 45.2 Å². The first-order valence-electron chi connectivity index (χ1n) is 7.88. The third-order valence-electron chi connectivity index (χ3n) is 4.99. The Hall–Kier alpha value is -0.950. The number of piperidine rings is 3. The van der Waals surface area contributed by atoms with E-state index in [0.717, 1.165) is 14.8 Å². The van der Waals surface area contributed by atoms with E-state index in [1.54, 1.807) is 0 Å². The molecule has 1 amide bonds. The molecule has 2 atom stereocenters. The fourth-order valence-electron chi connectivity index (χ4n) is 3.71. The second-order valence-electron chi connectivity index (χ2n) is 6.25. The maximum atomic E-state index is 12.6. The van der Waals surface area contributed by atoms with Crippen molar-refractivity contribution < 1.29 is 4.79 Å². The third-order valence-corrected chi connectivity index (χ3v) is 7.41. The summed E-state index contributed by atoms with van der Waals surface area (Å²) in [5.41, 5.74) is 0. The van der Waals surface area contributed by atoms with Gasteiger partial charge in [0.15, 0.2) is 0 Å². The highest BCUT2D eigenvalue weighted by Gasteiger charge is 2.40. The number of halogens is 1. The molecule has 23 heavy (non-hydrogen) atoms. The maximum absolute atomic E-state index is 12.6. The summed E-state index contributed by atoms with van der Waals surface area (Å²) in [7, 11) is 0. The Morgan fingerprint density at radius 1 is 1.39 bits per heavy atom. The van der Waals surface area contributed by atoms with Crippen LogP contribution in [0.15, 0.2) is 17.5 Å². The van der Waals surface area contributed by atoms with Gasteiger partial charge in [0.05, 0.1) is 9.75 Å². The fourth-order valence-corrected chi connectivity index (χ4v) is 5.64. The van der Waals surface area contributed by atoms with Crippen LogP contribution in [0, 0.1) is 5.92 Å². The molecule has 7 heteroatoms. The Bertz CT molecular complexity index is 718. The Morgan fingerprint density at radius 3 is 2.83 bits per heavy atom. The predicted octanol–water partition coefficient (Wildman–Crippen LogP) is 3.74. The normalized spacial score (nSPS) is 29.7. The molecular formula is C16H18ClN3OS2. The number of thiophene rings is 1. The van der Waals surface area contributed by atoms with E-state index in [1.165, 1.54) is 48.6 Å². The lowest BCUT2D eigenvalue weighted by Crippen LogP contribution is -2.62. The molecule has 3 fully saturated rings. The van der Waals surface area contributed by atoms with Gasteiger partial charge >= 0.3 is 0 Å². The Labute approximate surface area is 148 Å². The molecule has 0 saturated carbocycles. The number of nitrogens with zero attached hydrogens (tertiary/aromatic N) is 2.